The Morgan fingerprint density at radius 2 is 2.17 bits per heavy atom. The summed E-state index contributed by atoms with van der Waals surface area (Å²) in [5, 5.41) is 11.5. The van der Waals surface area contributed by atoms with Crippen LogP contribution in [0.3, 0.4) is 0 Å². The molecular weight excluding hydrogens is 228 g/mol. The maximum atomic E-state index is 11.8. The third-order valence-corrected chi connectivity index (χ3v) is 2.98. The first-order valence-electron chi connectivity index (χ1n) is 6.19. The topological polar surface area (TPSA) is 62.1 Å². The Labute approximate surface area is 107 Å². The van der Waals surface area contributed by atoms with Gasteiger partial charge in [-0.1, -0.05) is 0 Å². The molecule has 4 heteroatoms. The zero-order valence-corrected chi connectivity index (χ0v) is 10.2. The van der Waals surface area contributed by atoms with E-state index in [-0.39, 0.29) is 12.0 Å². The second-order valence-electron chi connectivity index (χ2n) is 4.43. The molecule has 0 saturated carbocycles. The number of ether oxygens (including phenoxy) is 1. The van der Waals surface area contributed by atoms with E-state index in [1.807, 2.05) is 6.07 Å². The lowest BCUT2D eigenvalue weighted by atomic mass is 10.1. The number of amides is 1. The Kier molecular flexibility index (Phi) is 4.32. The van der Waals surface area contributed by atoms with E-state index in [1.165, 1.54) is 0 Å². The molecule has 0 aliphatic carbocycles. The molecule has 1 unspecified atom stereocenters. The molecule has 1 saturated heterocycles. The van der Waals surface area contributed by atoms with Crippen LogP contribution < -0.4 is 5.32 Å². The molecule has 1 aliphatic rings. The number of nitrogens with one attached hydrogen (secondary N) is 1. The summed E-state index contributed by atoms with van der Waals surface area (Å²) >= 11 is 0. The summed E-state index contributed by atoms with van der Waals surface area (Å²) in [7, 11) is 0. The molecule has 1 aromatic rings. The lowest BCUT2D eigenvalue weighted by Gasteiger charge is -2.21. The largest absolute Gasteiger partial charge is 0.378 e. The Balaban J connectivity index is 1.84. The van der Waals surface area contributed by atoms with E-state index in [0.717, 1.165) is 31.6 Å². The molecule has 2 rings (SSSR count). The highest BCUT2D eigenvalue weighted by atomic mass is 16.5. The van der Waals surface area contributed by atoms with Crippen LogP contribution in [0.4, 0.5) is 5.69 Å². The molecule has 1 heterocycles. The molecule has 94 valence electrons. The molecule has 0 spiro atoms. The smallest absolute Gasteiger partial charge is 0.226 e. The minimum absolute atomic E-state index is 0.0355. The van der Waals surface area contributed by atoms with Gasteiger partial charge < -0.3 is 10.1 Å². The van der Waals surface area contributed by atoms with Crippen LogP contribution in [-0.2, 0) is 9.53 Å². The quantitative estimate of drug-likeness (QED) is 0.888. The molecular formula is C14H16N2O2. The van der Waals surface area contributed by atoms with Crippen LogP contribution in [0.25, 0.3) is 0 Å². The second-order valence-corrected chi connectivity index (χ2v) is 4.43. The van der Waals surface area contributed by atoms with Crippen molar-refractivity contribution >= 4 is 11.6 Å². The van der Waals surface area contributed by atoms with Crippen molar-refractivity contribution in [2.75, 3.05) is 11.9 Å². The van der Waals surface area contributed by atoms with Crippen molar-refractivity contribution in [3.63, 3.8) is 0 Å². The Bertz CT molecular complexity index is 442. The molecule has 0 aromatic heterocycles. The van der Waals surface area contributed by atoms with Gasteiger partial charge in [-0.05, 0) is 43.5 Å². The highest BCUT2D eigenvalue weighted by Gasteiger charge is 2.17. The van der Waals surface area contributed by atoms with E-state index in [2.05, 4.69) is 5.32 Å². The molecule has 1 atom stereocenters. The fourth-order valence-electron chi connectivity index (χ4n) is 2.02. The Morgan fingerprint density at radius 1 is 1.39 bits per heavy atom. The summed E-state index contributed by atoms with van der Waals surface area (Å²) in [6.45, 7) is 0.759. The summed E-state index contributed by atoms with van der Waals surface area (Å²) in [4.78, 5) is 11.8. The molecule has 1 fully saturated rings. The first kappa shape index (κ1) is 12.6. The standard InChI is InChI=1S/C14H16N2O2/c15-10-11-4-6-12(7-5-11)16-14(17)9-13-3-1-2-8-18-13/h4-7,13H,1-3,8-9H2,(H,16,17). The molecule has 18 heavy (non-hydrogen) atoms. The number of carbonyl (C=O) groups excluding carboxylic acids is 1. The van der Waals surface area contributed by atoms with Crippen molar-refractivity contribution in [3.8, 4) is 6.07 Å². The number of anilines is 1. The second kappa shape index (κ2) is 6.18. The normalized spacial score (nSPS) is 18.9. The van der Waals surface area contributed by atoms with Crippen LogP contribution in [0.2, 0.25) is 0 Å². The van der Waals surface area contributed by atoms with Gasteiger partial charge in [0.25, 0.3) is 0 Å². The van der Waals surface area contributed by atoms with E-state index in [0.29, 0.717) is 12.0 Å². The molecule has 1 aliphatic heterocycles. The number of nitriles is 1. The van der Waals surface area contributed by atoms with Gasteiger partial charge in [0.1, 0.15) is 0 Å². The van der Waals surface area contributed by atoms with Gasteiger partial charge in [-0.15, -0.1) is 0 Å². The summed E-state index contributed by atoms with van der Waals surface area (Å²) in [5.74, 6) is -0.0355. The summed E-state index contributed by atoms with van der Waals surface area (Å²) in [6.07, 6.45) is 3.64. The number of nitrogens with zero attached hydrogens (tertiary/aromatic N) is 1. The maximum Gasteiger partial charge on any atom is 0.226 e. The zero-order chi connectivity index (χ0) is 12.8. The van der Waals surface area contributed by atoms with Crippen molar-refractivity contribution in [1.29, 1.82) is 5.26 Å². The molecule has 4 nitrogen and oxygen atoms in total. The molecule has 1 aromatic carbocycles. The van der Waals surface area contributed by atoms with Gasteiger partial charge in [-0.3, -0.25) is 4.79 Å². The maximum absolute atomic E-state index is 11.8. The predicted molar refractivity (Wildman–Crippen MR) is 68.0 cm³/mol. The van der Waals surface area contributed by atoms with E-state index in [1.54, 1.807) is 24.3 Å². The Morgan fingerprint density at radius 3 is 2.78 bits per heavy atom. The van der Waals surface area contributed by atoms with Crippen LogP contribution in [0.1, 0.15) is 31.2 Å². The van der Waals surface area contributed by atoms with Crippen molar-refractivity contribution in [2.45, 2.75) is 31.8 Å². The minimum atomic E-state index is -0.0355. The third kappa shape index (κ3) is 3.57. The summed E-state index contributed by atoms with van der Waals surface area (Å²) in [6, 6.07) is 8.88. The average Bonchev–Trinajstić information content (AvgIpc) is 2.40. The Hall–Kier alpha value is -1.86. The highest BCUT2D eigenvalue weighted by molar-refractivity contribution is 5.91. The number of hydrogen-bond donors (Lipinski definition) is 1. The minimum Gasteiger partial charge on any atom is -0.378 e. The number of benzene rings is 1. The number of hydrogen-bond acceptors (Lipinski definition) is 3. The average molecular weight is 244 g/mol. The lowest BCUT2D eigenvalue weighted by Crippen LogP contribution is -2.25. The van der Waals surface area contributed by atoms with Gasteiger partial charge in [0.05, 0.1) is 24.2 Å². The van der Waals surface area contributed by atoms with Gasteiger partial charge in [0.2, 0.25) is 5.91 Å². The molecule has 0 radical (unpaired) electrons. The fraction of sp³-hybridized carbons (Fsp3) is 0.429. The van der Waals surface area contributed by atoms with Gasteiger partial charge in [-0.2, -0.15) is 5.26 Å². The number of rotatable bonds is 3. The van der Waals surface area contributed by atoms with Gasteiger partial charge in [-0.25, -0.2) is 0 Å². The molecule has 1 N–H and O–H groups in total. The van der Waals surface area contributed by atoms with Crippen molar-refractivity contribution in [1.82, 2.24) is 0 Å². The first-order chi connectivity index (χ1) is 8.78. The van der Waals surface area contributed by atoms with E-state index >= 15 is 0 Å². The first-order valence-corrected chi connectivity index (χ1v) is 6.19. The van der Waals surface area contributed by atoms with Crippen molar-refractivity contribution in [3.05, 3.63) is 29.8 Å². The predicted octanol–water partition coefficient (Wildman–Crippen LogP) is 2.46. The molecule has 1 amide bonds. The fourth-order valence-corrected chi connectivity index (χ4v) is 2.02. The van der Waals surface area contributed by atoms with Gasteiger partial charge in [0.15, 0.2) is 0 Å². The SMILES string of the molecule is N#Cc1ccc(NC(=O)CC2CCCCO2)cc1. The van der Waals surface area contributed by atoms with Gasteiger partial charge in [0, 0.05) is 12.3 Å². The summed E-state index contributed by atoms with van der Waals surface area (Å²) < 4.78 is 5.52. The van der Waals surface area contributed by atoms with Crippen molar-refractivity contribution in [2.24, 2.45) is 0 Å². The third-order valence-electron chi connectivity index (χ3n) is 2.98. The van der Waals surface area contributed by atoms with E-state index in [4.69, 9.17) is 10.00 Å². The van der Waals surface area contributed by atoms with Crippen LogP contribution in [0.5, 0.6) is 0 Å². The van der Waals surface area contributed by atoms with Crippen LogP contribution in [0, 0.1) is 11.3 Å². The van der Waals surface area contributed by atoms with Crippen LogP contribution in [0.15, 0.2) is 24.3 Å². The summed E-state index contributed by atoms with van der Waals surface area (Å²) in [5.41, 5.74) is 1.30. The lowest BCUT2D eigenvalue weighted by molar-refractivity contribution is -0.119. The van der Waals surface area contributed by atoms with Crippen LogP contribution >= 0.6 is 0 Å². The zero-order valence-electron chi connectivity index (χ0n) is 10.2. The van der Waals surface area contributed by atoms with Crippen molar-refractivity contribution < 1.29 is 9.53 Å². The number of carbonyl (C=O) groups is 1. The van der Waals surface area contributed by atoms with Crippen LogP contribution in [-0.4, -0.2) is 18.6 Å². The highest BCUT2D eigenvalue weighted by Crippen LogP contribution is 2.16. The monoisotopic (exact) mass is 244 g/mol. The van der Waals surface area contributed by atoms with E-state index < -0.39 is 0 Å². The van der Waals surface area contributed by atoms with E-state index in [9.17, 15) is 4.79 Å². The molecule has 0 bridgehead atoms. The van der Waals surface area contributed by atoms with Gasteiger partial charge >= 0.3 is 0 Å².